The Bertz CT molecular complexity index is 997. The van der Waals surface area contributed by atoms with E-state index in [0.29, 0.717) is 16.5 Å². The van der Waals surface area contributed by atoms with E-state index in [1.54, 1.807) is 13.1 Å². The highest BCUT2D eigenvalue weighted by molar-refractivity contribution is 7.22. The number of nitrogens with zero attached hydrogens (tertiary/aromatic N) is 1. The summed E-state index contributed by atoms with van der Waals surface area (Å²) in [5.74, 6) is -0.617. The van der Waals surface area contributed by atoms with Crippen molar-refractivity contribution in [2.45, 2.75) is 18.5 Å². The number of likely N-dealkylation sites (N-methyl/N-ethyl adjacent to an activating group) is 1. The van der Waals surface area contributed by atoms with Crippen LogP contribution in [0.1, 0.15) is 27.7 Å². The van der Waals surface area contributed by atoms with E-state index in [9.17, 15) is 14.7 Å². The minimum Gasteiger partial charge on any atom is -0.387 e. The second kappa shape index (κ2) is 6.99. The van der Waals surface area contributed by atoms with Crippen LogP contribution < -0.4 is 5.32 Å². The van der Waals surface area contributed by atoms with Crippen LogP contribution in [-0.4, -0.2) is 46.5 Å². The number of hydrogen-bond acceptors (Lipinski definition) is 4. The lowest BCUT2D eigenvalue weighted by Crippen LogP contribution is -2.45. The van der Waals surface area contributed by atoms with E-state index in [4.69, 9.17) is 11.6 Å². The Balaban J connectivity index is 1.60. The van der Waals surface area contributed by atoms with Crippen LogP contribution in [-0.2, 0) is 11.2 Å². The van der Waals surface area contributed by atoms with Crippen molar-refractivity contribution in [3.63, 3.8) is 0 Å². The van der Waals surface area contributed by atoms with Gasteiger partial charge in [-0.05, 0) is 29.7 Å². The molecule has 0 spiro atoms. The Labute approximate surface area is 164 Å². The Morgan fingerprint density at radius 2 is 2.15 bits per heavy atom. The van der Waals surface area contributed by atoms with Gasteiger partial charge in [0.1, 0.15) is 17.1 Å². The van der Waals surface area contributed by atoms with Crippen molar-refractivity contribution < 1.29 is 14.7 Å². The van der Waals surface area contributed by atoms with E-state index < -0.39 is 6.61 Å². The highest BCUT2D eigenvalue weighted by Gasteiger charge is 2.37. The SMILES string of the molecule is CN(C(=O)CO)[C@H]1c2ccccc2C[C@H]1NC(=O)c1cc2cc(Cl)sc2[nH]1. The number of halogens is 1. The molecule has 8 heteroatoms. The summed E-state index contributed by atoms with van der Waals surface area (Å²) in [5, 5.41) is 13.2. The number of carbonyl (C=O) groups is 2. The Hall–Kier alpha value is -2.35. The molecular formula is C19H18ClN3O3S. The van der Waals surface area contributed by atoms with Gasteiger partial charge in [-0.15, -0.1) is 11.3 Å². The predicted molar refractivity (Wildman–Crippen MR) is 105 cm³/mol. The monoisotopic (exact) mass is 403 g/mol. The molecule has 1 aromatic carbocycles. The maximum absolute atomic E-state index is 12.8. The molecule has 1 aliphatic rings. The van der Waals surface area contributed by atoms with E-state index >= 15 is 0 Å². The zero-order valence-corrected chi connectivity index (χ0v) is 16.1. The molecule has 0 radical (unpaired) electrons. The third kappa shape index (κ3) is 3.22. The molecule has 2 atom stereocenters. The molecule has 3 aromatic rings. The van der Waals surface area contributed by atoms with E-state index in [-0.39, 0.29) is 23.9 Å². The number of carbonyl (C=O) groups excluding carboxylic acids is 2. The van der Waals surface area contributed by atoms with Gasteiger partial charge in [0.05, 0.1) is 16.4 Å². The van der Waals surface area contributed by atoms with Crippen LogP contribution in [0.4, 0.5) is 0 Å². The number of thiophene rings is 1. The quantitative estimate of drug-likeness (QED) is 0.626. The van der Waals surface area contributed by atoms with Crippen LogP contribution in [0.3, 0.4) is 0 Å². The minimum atomic E-state index is -0.566. The van der Waals surface area contributed by atoms with Crippen molar-refractivity contribution in [2.75, 3.05) is 13.7 Å². The molecule has 0 bridgehead atoms. The Kier molecular flexibility index (Phi) is 4.67. The fourth-order valence-electron chi connectivity index (χ4n) is 3.71. The molecule has 0 saturated carbocycles. The number of aliphatic hydroxyl groups excluding tert-OH is 1. The van der Waals surface area contributed by atoms with Gasteiger partial charge in [-0.1, -0.05) is 35.9 Å². The van der Waals surface area contributed by atoms with E-state index in [1.165, 1.54) is 16.2 Å². The first-order valence-corrected chi connectivity index (χ1v) is 9.70. The summed E-state index contributed by atoms with van der Waals surface area (Å²) in [7, 11) is 1.65. The molecule has 3 N–H and O–H groups in total. The van der Waals surface area contributed by atoms with Gasteiger partial charge >= 0.3 is 0 Å². The average Bonchev–Trinajstić information content (AvgIpc) is 3.30. The van der Waals surface area contributed by atoms with Gasteiger partial charge in [0.2, 0.25) is 5.91 Å². The number of amides is 2. The standard InChI is InChI=1S/C19H18ClN3O3S/c1-23(16(25)9-24)17-12-5-3-2-4-10(12)6-13(17)21-18(26)14-7-11-8-15(20)27-19(11)22-14/h2-5,7-8,13,17,22,24H,6,9H2,1H3,(H,21,26)/t13-,17+/m1/s1. The second-order valence-electron chi connectivity index (χ2n) is 6.61. The summed E-state index contributed by atoms with van der Waals surface area (Å²) in [6.07, 6.45) is 0.622. The first-order valence-electron chi connectivity index (χ1n) is 8.51. The lowest BCUT2D eigenvalue weighted by molar-refractivity contribution is -0.135. The van der Waals surface area contributed by atoms with Crippen molar-refractivity contribution >= 4 is 45.0 Å². The van der Waals surface area contributed by atoms with Gasteiger partial charge in [0.25, 0.3) is 5.91 Å². The first-order chi connectivity index (χ1) is 13.0. The summed E-state index contributed by atoms with van der Waals surface area (Å²) in [6.45, 7) is -0.566. The predicted octanol–water partition coefficient (Wildman–Crippen LogP) is 2.73. The Morgan fingerprint density at radius 3 is 2.89 bits per heavy atom. The summed E-state index contributed by atoms with van der Waals surface area (Å²) in [5.41, 5.74) is 2.54. The Morgan fingerprint density at radius 1 is 1.37 bits per heavy atom. The lowest BCUT2D eigenvalue weighted by Gasteiger charge is -2.30. The van der Waals surface area contributed by atoms with Gasteiger partial charge in [-0.2, -0.15) is 0 Å². The summed E-state index contributed by atoms with van der Waals surface area (Å²) in [4.78, 5) is 30.3. The van der Waals surface area contributed by atoms with Crippen LogP contribution in [0, 0.1) is 0 Å². The van der Waals surface area contributed by atoms with Crippen LogP contribution in [0.5, 0.6) is 0 Å². The lowest BCUT2D eigenvalue weighted by atomic mass is 10.1. The molecule has 140 valence electrons. The number of nitrogens with one attached hydrogen (secondary N) is 2. The van der Waals surface area contributed by atoms with Crippen molar-refractivity contribution in [1.29, 1.82) is 0 Å². The van der Waals surface area contributed by atoms with Gasteiger partial charge in [0, 0.05) is 12.4 Å². The van der Waals surface area contributed by atoms with Crippen LogP contribution >= 0.6 is 22.9 Å². The average molecular weight is 404 g/mol. The highest BCUT2D eigenvalue weighted by Crippen LogP contribution is 2.36. The smallest absolute Gasteiger partial charge is 0.268 e. The molecule has 6 nitrogen and oxygen atoms in total. The third-order valence-corrected chi connectivity index (χ3v) is 6.18. The fraction of sp³-hybridized carbons (Fsp3) is 0.263. The van der Waals surface area contributed by atoms with Gasteiger partial charge in [-0.25, -0.2) is 0 Å². The normalized spacial score (nSPS) is 18.5. The van der Waals surface area contributed by atoms with Crippen LogP contribution in [0.25, 0.3) is 10.2 Å². The van der Waals surface area contributed by atoms with Gasteiger partial charge in [-0.3, -0.25) is 9.59 Å². The van der Waals surface area contributed by atoms with Gasteiger partial charge in [0.15, 0.2) is 0 Å². The second-order valence-corrected chi connectivity index (χ2v) is 8.29. The van der Waals surface area contributed by atoms with E-state index in [0.717, 1.165) is 21.3 Å². The fourth-order valence-corrected chi connectivity index (χ4v) is 4.84. The third-order valence-electron chi connectivity index (χ3n) is 4.98. The molecule has 0 aliphatic heterocycles. The topological polar surface area (TPSA) is 85.4 Å². The van der Waals surface area contributed by atoms with Gasteiger partial charge < -0.3 is 20.3 Å². The maximum atomic E-state index is 12.8. The molecule has 4 rings (SSSR count). The number of aromatic amines is 1. The molecule has 2 aromatic heterocycles. The molecule has 27 heavy (non-hydrogen) atoms. The molecule has 0 saturated heterocycles. The van der Waals surface area contributed by atoms with Crippen molar-refractivity contribution in [2.24, 2.45) is 0 Å². The maximum Gasteiger partial charge on any atom is 0.268 e. The van der Waals surface area contributed by atoms with Crippen molar-refractivity contribution in [1.82, 2.24) is 15.2 Å². The number of aliphatic hydroxyl groups is 1. The summed E-state index contributed by atoms with van der Waals surface area (Å²) >= 11 is 7.37. The number of fused-ring (bicyclic) bond motifs is 2. The highest BCUT2D eigenvalue weighted by atomic mass is 35.5. The number of benzene rings is 1. The zero-order valence-electron chi connectivity index (χ0n) is 14.5. The van der Waals surface area contributed by atoms with Crippen molar-refractivity contribution in [3.05, 3.63) is 57.6 Å². The largest absolute Gasteiger partial charge is 0.387 e. The molecule has 1 aliphatic carbocycles. The first kappa shape index (κ1) is 18.0. The molecule has 0 fully saturated rings. The number of aromatic nitrogens is 1. The molecule has 2 heterocycles. The summed E-state index contributed by atoms with van der Waals surface area (Å²) in [6, 6.07) is 10.8. The zero-order chi connectivity index (χ0) is 19.1. The van der Waals surface area contributed by atoms with E-state index in [1.807, 2.05) is 30.3 Å². The van der Waals surface area contributed by atoms with Crippen molar-refractivity contribution in [3.8, 4) is 0 Å². The van der Waals surface area contributed by atoms with E-state index in [2.05, 4.69) is 10.3 Å². The number of rotatable bonds is 4. The summed E-state index contributed by atoms with van der Waals surface area (Å²) < 4.78 is 0.665. The minimum absolute atomic E-state index is 0.234. The van der Waals surface area contributed by atoms with Crippen LogP contribution in [0.2, 0.25) is 4.34 Å². The molecule has 2 amide bonds. The number of hydrogen-bond donors (Lipinski definition) is 3. The molecular weight excluding hydrogens is 386 g/mol. The van der Waals surface area contributed by atoms with Crippen LogP contribution in [0.15, 0.2) is 36.4 Å². The molecule has 0 unspecified atom stereocenters. The number of H-pyrrole nitrogens is 1.